The summed E-state index contributed by atoms with van der Waals surface area (Å²) >= 11 is 0. The van der Waals surface area contributed by atoms with E-state index in [1.807, 2.05) is 6.92 Å². The highest BCUT2D eigenvalue weighted by atomic mass is 16.1. The molecule has 1 amide bonds. The van der Waals surface area contributed by atoms with Crippen molar-refractivity contribution < 1.29 is 4.79 Å². The van der Waals surface area contributed by atoms with E-state index >= 15 is 0 Å². The zero-order valence-electron chi connectivity index (χ0n) is 8.79. The molecule has 1 aromatic carbocycles. The van der Waals surface area contributed by atoms with E-state index in [-0.39, 0.29) is 5.91 Å². The molecule has 1 aromatic rings. The van der Waals surface area contributed by atoms with Gasteiger partial charge in [0.25, 0.3) is 5.91 Å². The summed E-state index contributed by atoms with van der Waals surface area (Å²) in [4.78, 5) is 11.3. The van der Waals surface area contributed by atoms with E-state index in [1.165, 1.54) is 0 Å². The molecule has 0 saturated carbocycles. The van der Waals surface area contributed by atoms with Crippen molar-refractivity contribution in [2.24, 2.45) is 0 Å². The first-order valence-corrected chi connectivity index (χ1v) is 4.52. The third kappa shape index (κ3) is 2.68. The van der Waals surface area contributed by atoms with Gasteiger partial charge < -0.3 is 5.32 Å². The molecule has 3 nitrogen and oxygen atoms in total. The molecule has 0 aliphatic heterocycles. The summed E-state index contributed by atoms with van der Waals surface area (Å²) in [5.74, 6) is -0.234. The molecule has 0 saturated heterocycles. The summed E-state index contributed by atoms with van der Waals surface area (Å²) in [6, 6.07) is 7.27. The summed E-state index contributed by atoms with van der Waals surface area (Å²) < 4.78 is 0. The number of amides is 1. The SMILES string of the molecule is C=C(C)C(=O)Nc1ccc(C)c(C#N)c1. The molecule has 1 N–H and O–H groups in total. The fourth-order valence-electron chi connectivity index (χ4n) is 1.06. The molecule has 1 rings (SSSR count). The standard InChI is InChI=1S/C12H12N2O/c1-8(2)12(15)14-11-5-4-9(3)10(6-11)7-13/h4-6H,1H2,2-3H3,(H,14,15). The number of hydrogen-bond acceptors (Lipinski definition) is 2. The Morgan fingerprint density at radius 2 is 2.20 bits per heavy atom. The van der Waals surface area contributed by atoms with Gasteiger partial charge in [-0.05, 0) is 31.5 Å². The van der Waals surface area contributed by atoms with Gasteiger partial charge in [0.2, 0.25) is 0 Å². The van der Waals surface area contributed by atoms with Gasteiger partial charge in [-0.1, -0.05) is 12.6 Å². The van der Waals surface area contributed by atoms with Crippen LogP contribution in [0.1, 0.15) is 18.1 Å². The molecule has 0 fully saturated rings. The van der Waals surface area contributed by atoms with Gasteiger partial charge >= 0.3 is 0 Å². The summed E-state index contributed by atoms with van der Waals surface area (Å²) in [5, 5.41) is 11.5. The minimum absolute atomic E-state index is 0.234. The van der Waals surface area contributed by atoms with Crippen LogP contribution < -0.4 is 5.32 Å². The summed E-state index contributed by atoms with van der Waals surface area (Å²) in [5.41, 5.74) is 2.51. The topological polar surface area (TPSA) is 52.9 Å². The van der Waals surface area contributed by atoms with Crippen LogP contribution in [-0.4, -0.2) is 5.91 Å². The van der Waals surface area contributed by atoms with Gasteiger partial charge in [0.15, 0.2) is 0 Å². The van der Waals surface area contributed by atoms with Gasteiger partial charge in [0, 0.05) is 11.3 Å². The monoisotopic (exact) mass is 200 g/mol. The predicted molar refractivity (Wildman–Crippen MR) is 59.3 cm³/mol. The molecular weight excluding hydrogens is 188 g/mol. The molecule has 0 radical (unpaired) electrons. The number of carbonyl (C=O) groups is 1. The molecule has 15 heavy (non-hydrogen) atoms. The second kappa shape index (κ2) is 4.43. The Morgan fingerprint density at radius 1 is 1.53 bits per heavy atom. The van der Waals surface area contributed by atoms with Crippen LogP contribution in [-0.2, 0) is 4.79 Å². The maximum atomic E-state index is 11.3. The minimum atomic E-state index is -0.234. The van der Waals surface area contributed by atoms with Crippen LogP contribution in [0.15, 0.2) is 30.4 Å². The first-order chi connectivity index (χ1) is 7.04. The van der Waals surface area contributed by atoms with Crippen molar-refractivity contribution in [3.05, 3.63) is 41.5 Å². The highest BCUT2D eigenvalue weighted by Crippen LogP contribution is 2.14. The molecule has 0 aromatic heterocycles. The third-order valence-electron chi connectivity index (χ3n) is 2.00. The maximum absolute atomic E-state index is 11.3. The zero-order chi connectivity index (χ0) is 11.4. The first kappa shape index (κ1) is 11.0. The van der Waals surface area contributed by atoms with Crippen LogP contribution in [0.2, 0.25) is 0 Å². The lowest BCUT2D eigenvalue weighted by atomic mass is 10.1. The van der Waals surface area contributed by atoms with Gasteiger partial charge in [0.1, 0.15) is 0 Å². The smallest absolute Gasteiger partial charge is 0.250 e. The van der Waals surface area contributed by atoms with Crippen LogP contribution in [0.5, 0.6) is 0 Å². The molecule has 0 aliphatic rings. The fourth-order valence-corrected chi connectivity index (χ4v) is 1.06. The number of nitriles is 1. The van der Waals surface area contributed by atoms with Crippen molar-refractivity contribution >= 4 is 11.6 Å². The Balaban J connectivity index is 2.94. The highest BCUT2D eigenvalue weighted by molar-refractivity contribution is 6.02. The molecule has 0 unspecified atom stereocenters. The minimum Gasteiger partial charge on any atom is -0.322 e. The van der Waals surface area contributed by atoms with Crippen molar-refractivity contribution in [2.45, 2.75) is 13.8 Å². The molecule has 0 aliphatic carbocycles. The number of nitrogens with one attached hydrogen (secondary N) is 1. The molecule has 0 heterocycles. The summed E-state index contributed by atoms with van der Waals surface area (Å²) in [6.07, 6.45) is 0. The van der Waals surface area contributed by atoms with Crippen molar-refractivity contribution in [2.75, 3.05) is 5.32 Å². The van der Waals surface area contributed by atoms with E-state index in [0.29, 0.717) is 16.8 Å². The normalized spacial score (nSPS) is 9.13. The molecule has 0 spiro atoms. The Hall–Kier alpha value is -2.08. The predicted octanol–water partition coefficient (Wildman–Crippen LogP) is 2.38. The van der Waals surface area contributed by atoms with E-state index in [9.17, 15) is 4.79 Å². The lowest BCUT2D eigenvalue weighted by molar-refractivity contribution is -0.112. The summed E-state index contributed by atoms with van der Waals surface area (Å²) in [7, 11) is 0. The van der Waals surface area contributed by atoms with Crippen LogP contribution in [0.3, 0.4) is 0 Å². The lowest BCUT2D eigenvalue weighted by Crippen LogP contribution is -2.11. The Labute approximate surface area is 89.0 Å². The van der Waals surface area contributed by atoms with Crippen molar-refractivity contribution in [1.29, 1.82) is 5.26 Å². The number of carbonyl (C=O) groups excluding carboxylic acids is 1. The van der Waals surface area contributed by atoms with Crippen LogP contribution >= 0.6 is 0 Å². The van der Waals surface area contributed by atoms with Crippen molar-refractivity contribution in [3.8, 4) is 6.07 Å². The summed E-state index contributed by atoms with van der Waals surface area (Å²) in [6.45, 7) is 7.02. The Morgan fingerprint density at radius 3 is 2.73 bits per heavy atom. The lowest BCUT2D eigenvalue weighted by Gasteiger charge is -2.05. The molecule has 0 atom stereocenters. The third-order valence-corrected chi connectivity index (χ3v) is 2.00. The number of nitrogens with zero attached hydrogens (tertiary/aromatic N) is 1. The number of anilines is 1. The Kier molecular flexibility index (Phi) is 3.25. The van der Waals surface area contributed by atoms with E-state index in [2.05, 4.69) is 18.0 Å². The first-order valence-electron chi connectivity index (χ1n) is 4.52. The molecule has 76 valence electrons. The largest absolute Gasteiger partial charge is 0.322 e. The molecular formula is C12H12N2O. The average molecular weight is 200 g/mol. The molecule has 0 bridgehead atoms. The average Bonchev–Trinajstić information content (AvgIpc) is 2.20. The van der Waals surface area contributed by atoms with E-state index in [0.717, 1.165) is 5.56 Å². The van der Waals surface area contributed by atoms with Crippen molar-refractivity contribution in [1.82, 2.24) is 0 Å². The van der Waals surface area contributed by atoms with E-state index in [4.69, 9.17) is 5.26 Å². The van der Waals surface area contributed by atoms with Crippen molar-refractivity contribution in [3.63, 3.8) is 0 Å². The number of rotatable bonds is 2. The van der Waals surface area contributed by atoms with Gasteiger partial charge in [-0.25, -0.2) is 0 Å². The van der Waals surface area contributed by atoms with Crippen LogP contribution in [0, 0.1) is 18.3 Å². The van der Waals surface area contributed by atoms with Crippen LogP contribution in [0.25, 0.3) is 0 Å². The number of aryl methyl sites for hydroxylation is 1. The number of hydrogen-bond donors (Lipinski definition) is 1. The van der Waals surface area contributed by atoms with Crippen LogP contribution in [0.4, 0.5) is 5.69 Å². The quantitative estimate of drug-likeness (QED) is 0.745. The van der Waals surface area contributed by atoms with Gasteiger partial charge in [0.05, 0.1) is 11.6 Å². The van der Waals surface area contributed by atoms with Gasteiger partial charge in [-0.2, -0.15) is 5.26 Å². The highest BCUT2D eigenvalue weighted by Gasteiger charge is 2.04. The second-order valence-corrected chi connectivity index (χ2v) is 3.38. The Bertz CT molecular complexity index is 455. The van der Waals surface area contributed by atoms with Gasteiger partial charge in [-0.15, -0.1) is 0 Å². The zero-order valence-corrected chi connectivity index (χ0v) is 8.79. The maximum Gasteiger partial charge on any atom is 0.250 e. The van der Waals surface area contributed by atoms with Gasteiger partial charge in [-0.3, -0.25) is 4.79 Å². The van der Waals surface area contributed by atoms with E-state index < -0.39 is 0 Å². The fraction of sp³-hybridized carbons (Fsp3) is 0.167. The van der Waals surface area contributed by atoms with E-state index in [1.54, 1.807) is 25.1 Å². The second-order valence-electron chi connectivity index (χ2n) is 3.38. The number of benzene rings is 1. The molecule has 3 heteroatoms.